The van der Waals surface area contributed by atoms with Crippen molar-refractivity contribution in [3.63, 3.8) is 0 Å². The molecule has 3 nitrogen and oxygen atoms in total. The summed E-state index contributed by atoms with van der Waals surface area (Å²) in [6.45, 7) is 7.09. The number of thiocarbonyl (C=S) groups is 1. The lowest BCUT2D eigenvalue weighted by atomic mass is 9.63. The van der Waals surface area contributed by atoms with Gasteiger partial charge in [-0.2, -0.15) is 5.26 Å². The molecule has 0 heterocycles. The van der Waals surface area contributed by atoms with Crippen LogP contribution in [0.2, 0.25) is 0 Å². The lowest BCUT2D eigenvalue weighted by Gasteiger charge is -2.50. The number of aliphatic hydroxyl groups is 1. The van der Waals surface area contributed by atoms with Crippen LogP contribution in [0.15, 0.2) is 0 Å². The van der Waals surface area contributed by atoms with Crippen LogP contribution >= 0.6 is 24.0 Å². The maximum Gasteiger partial charge on any atom is 0.220 e. The van der Waals surface area contributed by atoms with Gasteiger partial charge in [0.1, 0.15) is 0 Å². The largest absolute Gasteiger partial charge is 0.479 e. The van der Waals surface area contributed by atoms with Gasteiger partial charge in [0.25, 0.3) is 0 Å². The molecule has 2 saturated carbocycles. The van der Waals surface area contributed by atoms with Crippen molar-refractivity contribution in [1.82, 2.24) is 0 Å². The first kappa shape index (κ1) is 18.0. The van der Waals surface area contributed by atoms with E-state index in [9.17, 15) is 5.11 Å². The minimum absolute atomic E-state index is 0.123. The van der Waals surface area contributed by atoms with Crippen molar-refractivity contribution in [2.45, 2.75) is 70.1 Å². The number of nitrogens with zero attached hydrogens (tertiary/aromatic N) is 1. The molecule has 0 aromatic carbocycles. The summed E-state index contributed by atoms with van der Waals surface area (Å²) in [5, 5.41) is 20.3. The third-order valence-electron chi connectivity index (χ3n) is 5.49. The number of nitriles is 1. The minimum atomic E-state index is -0.574. The van der Waals surface area contributed by atoms with Crippen LogP contribution < -0.4 is 0 Å². The molecule has 0 spiro atoms. The summed E-state index contributed by atoms with van der Waals surface area (Å²) >= 11 is 7.00. The van der Waals surface area contributed by atoms with Crippen molar-refractivity contribution >= 4 is 28.4 Å². The molecule has 5 heteroatoms. The molecule has 0 aromatic rings. The standard InChI is InChI=1S/C17H27NO2S2/c1-4-20-15(21)22-14-13-12(6-5-11-18)7-8-17(13,19)10-9-16(14,2)3/h12-14,19H,4-10H2,1-3H3/t12?,13-,14-,17-/m1/s1. The molecule has 1 N–H and O–H groups in total. The van der Waals surface area contributed by atoms with Gasteiger partial charge in [0.15, 0.2) is 0 Å². The number of hydrogen-bond donors (Lipinski definition) is 1. The summed E-state index contributed by atoms with van der Waals surface area (Å²) in [6.07, 6.45) is 5.23. The van der Waals surface area contributed by atoms with Crippen molar-refractivity contribution in [1.29, 1.82) is 5.26 Å². The molecule has 0 radical (unpaired) electrons. The highest BCUT2D eigenvalue weighted by Crippen LogP contribution is 2.58. The maximum absolute atomic E-state index is 11.1. The van der Waals surface area contributed by atoms with Gasteiger partial charge in [-0.25, -0.2) is 0 Å². The van der Waals surface area contributed by atoms with Gasteiger partial charge in [-0.1, -0.05) is 25.6 Å². The van der Waals surface area contributed by atoms with Gasteiger partial charge in [-0.15, -0.1) is 0 Å². The van der Waals surface area contributed by atoms with Gasteiger partial charge >= 0.3 is 0 Å². The van der Waals surface area contributed by atoms with E-state index in [1.165, 1.54) is 0 Å². The summed E-state index contributed by atoms with van der Waals surface area (Å²) in [7, 11) is 0. The summed E-state index contributed by atoms with van der Waals surface area (Å²) in [5.41, 5.74) is -0.451. The molecule has 2 aliphatic carbocycles. The first-order valence-electron chi connectivity index (χ1n) is 8.27. The fourth-order valence-electron chi connectivity index (χ4n) is 4.27. The smallest absolute Gasteiger partial charge is 0.220 e. The van der Waals surface area contributed by atoms with Gasteiger partial charge < -0.3 is 9.84 Å². The van der Waals surface area contributed by atoms with Crippen molar-refractivity contribution in [2.75, 3.05) is 6.61 Å². The quantitative estimate of drug-likeness (QED) is 0.773. The summed E-state index contributed by atoms with van der Waals surface area (Å²) in [5.74, 6) is 0.638. The number of thioether (sulfide) groups is 1. The zero-order valence-electron chi connectivity index (χ0n) is 13.8. The molecule has 0 amide bonds. The van der Waals surface area contributed by atoms with E-state index in [2.05, 4.69) is 19.9 Å². The highest BCUT2D eigenvalue weighted by atomic mass is 32.2. The molecule has 0 bridgehead atoms. The second-order valence-corrected chi connectivity index (χ2v) is 9.08. The minimum Gasteiger partial charge on any atom is -0.479 e. The zero-order chi connectivity index (χ0) is 16.4. The molecule has 2 rings (SSSR count). The van der Waals surface area contributed by atoms with Gasteiger partial charge in [0.2, 0.25) is 4.38 Å². The Balaban J connectivity index is 2.23. The van der Waals surface area contributed by atoms with Crippen LogP contribution in [0, 0.1) is 28.6 Å². The lowest BCUT2D eigenvalue weighted by molar-refractivity contribution is -0.0642. The number of hydrogen-bond acceptors (Lipinski definition) is 5. The molecular formula is C17H27NO2S2. The molecule has 0 aliphatic heterocycles. The van der Waals surface area contributed by atoms with Crippen LogP contribution in [0.1, 0.15) is 59.3 Å². The monoisotopic (exact) mass is 341 g/mol. The molecular weight excluding hydrogens is 314 g/mol. The van der Waals surface area contributed by atoms with E-state index in [1.54, 1.807) is 11.8 Å². The molecule has 22 heavy (non-hydrogen) atoms. The Labute approximate surface area is 143 Å². The highest BCUT2D eigenvalue weighted by Gasteiger charge is 2.57. The molecule has 1 unspecified atom stereocenters. The van der Waals surface area contributed by atoms with E-state index in [0.29, 0.717) is 23.3 Å². The van der Waals surface area contributed by atoms with E-state index in [4.69, 9.17) is 22.2 Å². The highest BCUT2D eigenvalue weighted by molar-refractivity contribution is 8.23. The van der Waals surface area contributed by atoms with Crippen LogP contribution in [-0.4, -0.2) is 26.9 Å². The third-order valence-corrected chi connectivity index (χ3v) is 7.39. The van der Waals surface area contributed by atoms with E-state index >= 15 is 0 Å². The summed E-state index contributed by atoms with van der Waals surface area (Å²) < 4.78 is 6.09. The summed E-state index contributed by atoms with van der Waals surface area (Å²) in [6, 6.07) is 2.26. The van der Waals surface area contributed by atoms with Crippen LogP contribution in [0.3, 0.4) is 0 Å². The van der Waals surface area contributed by atoms with Crippen LogP contribution in [0.25, 0.3) is 0 Å². The molecule has 0 aromatic heterocycles. The number of ether oxygens (including phenoxy) is 1. The van der Waals surface area contributed by atoms with E-state index in [-0.39, 0.29) is 16.6 Å². The SMILES string of the molecule is CCOC(=S)S[C@@H]1[C@H]2C(CCC#N)CC[C@@]2(O)CCC1(C)C. The second-order valence-electron chi connectivity index (χ2n) is 7.33. The predicted molar refractivity (Wildman–Crippen MR) is 94.6 cm³/mol. The third kappa shape index (κ3) is 3.60. The van der Waals surface area contributed by atoms with Crippen molar-refractivity contribution in [2.24, 2.45) is 17.3 Å². The topological polar surface area (TPSA) is 53.2 Å². The van der Waals surface area contributed by atoms with Crippen molar-refractivity contribution < 1.29 is 9.84 Å². The van der Waals surface area contributed by atoms with Crippen LogP contribution in [-0.2, 0) is 4.74 Å². The van der Waals surface area contributed by atoms with Crippen LogP contribution in [0.5, 0.6) is 0 Å². The average molecular weight is 342 g/mol. The Morgan fingerprint density at radius 3 is 2.77 bits per heavy atom. The average Bonchev–Trinajstić information content (AvgIpc) is 2.78. The van der Waals surface area contributed by atoms with E-state index in [0.717, 1.165) is 32.1 Å². The Morgan fingerprint density at radius 2 is 2.14 bits per heavy atom. The van der Waals surface area contributed by atoms with E-state index in [1.807, 2.05) is 6.92 Å². The van der Waals surface area contributed by atoms with Gasteiger partial charge in [-0.05, 0) is 62.6 Å². The Hall–Kier alpha value is -0.310. The molecule has 2 aliphatic rings. The first-order chi connectivity index (χ1) is 10.3. The fraction of sp³-hybridized carbons (Fsp3) is 0.882. The molecule has 2 fully saturated rings. The van der Waals surface area contributed by atoms with Gasteiger partial charge in [0, 0.05) is 17.6 Å². The predicted octanol–water partition coefficient (Wildman–Crippen LogP) is 4.29. The molecule has 4 atom stereocenters. The summed E-state index contributed by atoms with van der Waals surface area (Å²) in [4.78, 5) is 0. The fourth-order valence-corrected chi connectivity index (χ4v) is 6.15. The zero-order valence-corrected chi connectivity index (χ0v) is 15.4. The van der Waals surface area contributed by atoms with Gasteiger partial charge in [0.05, 0.1) is 18.3 Å². The first-order valence-corrected chi connectivity index (χ1v) is 9.55. The van der Waals surface area contributed by atoms with E-state index < -0.39 is 5.60 Å². The van der Waals surface area contributed by atoms with Crippen molar-refractivity contribution in [3.05, 3.63) is 0 Å². The molecule has 0 saturated heterocycles. The Bertz CT molecular complexity index is 460. The number of fused-ring (bicyclic) bond motifs is 1. The molecule has 124 valence electrons. The van der Waals surface area contributed by atoms with Gasteiger partial charge in [-0.3, -0.25) is 0 Å². The maximum atomic E-state index is 11.1. The van der Waals surface area contributed by atoms with Crippen LogP contribution in [0.4, 0.5) is 0 Å². The Kier molecular flexibility index (Phi) is 5.79. The van der Waals surface area contributed by atoms with Crippen molar-refractivity contribution in [3.8, 4) is 6.07 Å². The normalized spacial score (nSPS) is 36.4. The number of rotatable bonds is 4. The second kappa shape index (κ2) is 7.07. The Morgan fingerprint density at radius 1 is 1.41 bits per heavy atom. The lowest BCUT2D eigenvalue weighted by Crippen LogP contribution is -2.52.